The van der Waals surface area contributed by atoms with Crippen molar-refractivity contribution in [2.24, 2.45) is 0 Å². The van der Waals surface area contributed by atoms with Gasteiger partial charge in [0.25, 0.3) is 0 Å². The highest BCUT2D eigenvalue weighted by molar-refractivity contribution is 6.09. The van der Waals surface area contributed by atoms with Crippen LogP contribution in [0.5, 0.6) is 5.75 Å². The van der Waals surface area contributed by atoms with Crippen molar-refractivity contribution < 1.29 is 13.9 Å². The van der Waals surface area contributed by atoms with Crippen LogP contribution in [-0.2, 0) is 0 Å². The van der Waals surface area contributed by atoms with Crippen LogP contribution in [0.3, 0.4) is 0 Å². The van der Waals surface area contributed by atoms with Gasteiger partial charge in [-0.15, -0.1) is 0 Å². The maximum absolute atomic E-state index is 13.2. The van der Waals surface area contributed by atoms with E-state index in [9.17, 15) is 9.18 Å². The molecule has 0 aliphatic rings. The Morgan fingerprint density at radius 1 is 1.11 bits per heavy atom. The summed E-state index contributed by atoms with van der Waals surface area (Å²) < 4.78 is 18.2. The van der Waals surface area contributed by atoms with Crippen molar-refractivity contribution in [3.8, 4) is 5.75 Å². The standard InChI is InChI=1S/C15H13FO2/c1-10-8-12(6-7-14(10)16)15(17)11-4-3-5-13(9-11)18-2/h3-9H,1-2H3. The van der Waals surface area contributed by atoms with Crippen molar-refractivity contribution >= 4 is 5.78 Å². The van der Waals surface area contributed by atoms with Crippen LogP contribution >= 0.6 is 0 Å². The molecule has 3 heteroatoms. The first-order valence-electron chi connectivity index (χ1n) is 5.56. The first-order valence-corrected chi connectivity index (χ1v) is 5.56. The van der Waals surface area contributed by atoms with Gasteiger partial charge in [0.15, 0.2) is 5.78 Å². The van der Waals surface area contributed by atoms with E-state index in [2.05, 4.69) is 0 Å². The van der Waals surface area contributed by atoms with Gasteiger partial charge in [-0.25, -0.2) is 4.39 Å². The highest BCUT2D eigenvalue weighted by Crippen LogP contribution is 2.17. The minimum atomic E-state index is -0.308. The molecule has 92 valence electrons. The third kappa shape index (κ3) is 2.40. The second-order valence-corrected chi connectivity index (χ2v) is 4.03. The first-order chi connectivity index (χ1) is 8.61. The van der Waals surface area contributed by atoms with Crippen molar-refractivity contribution in [1.82, 2.24) is 0 Å². The Morgan fingerprint density at radius 2 is 1.83 bits per heavy atom. The molecule has 0 aromatic heterocycles. The summed E-state index contributed by atoms with van der Waals surface area (Å²) in [5.74, 6) is 0.175. The Hall–Kier alpha value is -2.16. The summed E-state index contributed by atoms with van der Waals surface area (Å²) in [5.41, 5.74) is 1.46. The number of benzene rings is 2. The molecular formula is C15H13FO2. The highest BCUT2D eigenvalue weighted by atomic mass is 19.1. The van der Waals surface area contributed by atoms with Crippen molar-refractivity contribution in [3.05, 3.63) is 65.0 Å². The minimum Gasteiger partial charge on any atom is -0.497 e. The van der Waals surface area contributed by atoms with Gasteiger partial charge < -0.3 is 4.74 Å². The summed E-state index contributed by atoms with van der Waals surface area (Å²) in [5, 5.41) is 0. The largest absolute Gasteiger partial charge is 0.497 e. The number of carbonyl (C=O) groups is 1. The van der Waals surface area contributed by atoms with Gasteiger partial charge in [-0.1, -0.05) is 12.1 Å². The number of aryl methyl sites for hydroxylation is 1. The summed E-state index contributed by atoms with van der Waals surface area (Å²) in [6, 6.07) is 11.3. The Balaban J connectivity index is 2.38. The summed E-state index contributed by atoms with van der Waals surface area (Å²) in [4.78, 5) is 12.2. The van der Waals surface area contributed by atoms with Gasteiger partial charge in [-0.2, -0.15) is 0 Å². The molecule has 2 aromatic carbocycles. The van der Waals surface area contributed by atoms with E-state index in [-0.39, 0.29) is 11.6 Å². The molecule has 0 saturated heterocycles. The van der Waals surface area contributed by atoms with E-state index < -0.39 is 0 Å². The van der Waals surface area contributed by atoms with Crippen LogP contribution in [0, 0.1) is 12.7 Å². The zero-order valence-corrected chi connectivity index (χ0v) is 10.2. The van der Waals surface area contributed by atoms with Gasteiger partial charge in [0.05, 0.1) is 7.11 Å². The summed E-state index contributed by atoms with van der Waals surface area (Å²) in [6.45, 7) is 1.64. The van der Waals surface area contributed by atoms with Crippen molar-refractivity contribution in [3.63, 3.8) is 0 Å². The maximum atomic E-state index is 13.2. The van der Waals surface area contributed by atoms with E-state index in [0.29, 0.717) is 22.4 Å². The maximum Gasteiger partial charge on any atom is 0.193 e. The predicted molar refractivity (Wildman–Crippen MR) is 67.6 cm³/mol. The predicted octanol–water partition coefficient (Wildman–Crippen LogP) is 3.37. The molecule has 0 heterocycles. The molecule has 2 aromatic rings. The molecule has 2 rings (SSSR count). The van der Waals surface area contributed by atoms with Gasteiger partial charge in [-0.05, 0) is 42.8 Å². The lowest BCUT2D eigenvalue weighted by Crippen LogP contribution is -2.02. The van der Waals surface area contributed by atoms with E-state index in [1.807, 2.05) is 0 Å². The molecule has 0 amide bonds. The van der Waals surface area contributed by atoms with Gasteiger partial charge in [0.2, 0.25) is 0 Å². The number of ketones is 1. The third-order valence-electron chi connectivity index (χ3n) is 2.75. The smallest absolute Gasteiger partial charge is 0.193 e. The highest BCUT2D eigenvalue weighted by Gasteiger charge is 2.11. The monoisotopic (exact) mass is 244 g/mol. The third-order valence-corrected chi connectivity index (χ3v) is 2.75. The van der Waals surface area contributed by atoms with Gasteiger partial charge in [-0.3, -0.25) is 4.79 Å². The molecule has 0 spiro atoms. The Labute approximate surface area is 105 Å². The van der Waals surface area contributed by atoms with E-state index in [1.165, 1.54) is 12.1 Å². The van der Waals surface area contributed by atoms with Crippen molar-refractivity contribution in [2.45, 2.75) is 6.92 Å². The van der Waals surface area contributed by atoms with Crippen LogP contribution in [0.1, 0.15) is 21.5 Å². The molecule has 0 aliphatic carbocycles. The summed E-state index contributed by atoms with van der Waals surface area (Å²) >= 11 is 0. The van der Waals surface area contributed by atoms with Gasteiger partial charge in [0, 0.05) is 11.1 Å². The molecule has 0 saturated carbocycles. The number of rotatable bonds is 3. The van der Waals surface area contributed by atoms with Gasteiger partial charge >= 0.3 is 0 Å². The SMILES string of the molecule is COc1cccc(C(=O)c2ccc(F)c(C)c2)c1. The van der Waals surface area contributed by atoms with E-state index in [0.717, 1.165) is 0 Å². The van der Waals surface area contributed by atoms with Crippen molar-refractivity contribution in [1.29, 1.82) is 0 Å². The van der Waals surface area contributed by atoms with Crippen LogP contribution < -0.4 is 4.74 Å². The fraction of sp³-hybridized carbons (Fsp3) is 0.133. The molecule has 0 fully saturated rings. The zero-order valence-electron chi connectivity index (χ0n) is 10.2. The summed E-state index contributed by atoms with van der Waals surface area (Å²) in [6.07, 6.45) is 0. The lowest BCUT2D eigenvalue weighted by molar-refractivity contribution is 0.103. The van der Waals surface area contributed by atoms with E-state index >= 15 is 0 Å². The average molecular weight is 244 g/mol. The minimum absolute atomic E-state index is 0.142. The van der Waals surface area contributed by atoms with Gasteiger partial charge in [0.1, 0.15) is 11.6 Å². The first kappa shape index (κ1) is 12.3. The van der Waals surface area contributed by atoms with E-state index in [1.54, 1.807) is 44.4 Å². The number of ether oxygens (including phenoxy) is 1. The second-order valence-electron chi connectivity index (χ2n) is 4.03. The average Bonchev–Trinajstić information content (AvgIpc) is 2.41. The molecule has 2 nitrogen and oxygen atoms in total. The fourth-order valence-corrected chi connectivity index (χ4v) is 1.72. The quantitative estimate of drug-likeness (QED) is 0.774. The van der Waals surface area contributed by atoms with E-state index in [4.69, 9.17) is 4.74 Å². The number of methoxy groups -OCH3 is 1. The lowest BCUT2D eigenvalue weighted by atomic mass is 10.0. The Morgan fingerprint density at radius 3 is 2.50 bits per heavy atom. The fourth-order valence-electron chi connectivity index (χ4n) is 1.72. The number of hydrogen-bond acceptors (Lipinski definition) is 2. The molecule has 0 radical (unpaired) electrons. The van der Waals surface area contributed by atoms with Crippen LogP contribution in [-0.4, -0.2) is 12.9 Å². The number of carbonyl (C=O) groups excluding carboxylic acids is 1. The molecule has 0 atom stereocenters. The van der Waals surface area contributed by atoms with Crippen LogP contribution in [0.15, 0.2) is 42.5 Å². The lowest BCUT2D eigenvalue weighted by Gasteiger charge is -2.05. The number of hydrogen-bond donors (Lipinski definition) is 0. The molecule has 0 N–H and O–H groups in total. The molecule has 18 heavy (non-hydrogen) atoms. The summed E-state index contributed by atoms with van der Waals surface area (Å²) in [7, 11) is 1.55. The van der Waals surface area contributed by atoms with Crippen LogP contribution in [0.2, 0.25) is 0 Å². The zero-order chi connectivity index (χ0) is 13.1. The normalized spacial score (nSPS) is 10.2. The Kier molecular flexibility index (Phi) is 3.42. The second kappa shape index (κ2) is 5.00. The molecule has 0 aliphatic heterocycles. The van der Waals surface area contributed by atoms with Crippen molar-refractivity contribution in [2.75, 3.05) is 7.11 Å². The number of halogens is 1. The molecule has 0 bridgehead atoms. The topological polar surface area (TPSA) is 26.3 Å². The molecular weight excluding hydrogens is 231 g/mol. The van der Waals surface area contributed by atoms with Crippen LogP contribution in [0.4, 0.5) is 4.39 Å². The Bertz CT molecular complexity index is 591. The molecule has 0 unspecified atom stereocenters. The van der Waals surface area contributed by atoms with Crippen LogP contribution in [0.25, 0.3) is 0 Å².